The summed E-state index contributed by atoms with van der Waals surface area (Å²) in [5, 5.41) is 71.2. The molecular formula is C26H34O11. The molecule has 1 heterocycles. The number of methoxy groups -OCH3 is 2. The second-order valence-electron chi connectivity index (χ2n) is 9.47. The summed E-state index contributed by atoms with van der Waals surface area (Å²) < 4.78 is 22.0. The van der Waals surface area contributed by atoms with Crippen LogP contribution in [0.5, 0.6) is 23.0 Å². The van der Waals surface area contributed by atoms with Crippen LogP contribution in [0.1, 0.15) is 22.6 Å². The summed E-state index contributed by atoms with van der Waals surface area (Å²) in [5.74, 6) is -0.744. The third-order valence-electron chi connectivity index (χ3n) is 7.39. The molecule has 2 aliphatic rings. The lowest BCUT2D eigenvalue weighted by Gasteiger charge is -2.43. The van der Waals surface area contributed by atoms with Gasteiger partial charge >= 0.3 is 0 Å². The van der Waals surface area contributed by atoms with E-state index < -0.39 is 49.1 Å². The van der Waals surface area contributed by atoms with Crippen LogP contribution >= 0.6 is 0 Å². The lowest BCUT2D eigenvalue weighted by atomic mass is 9.67. The van der Waals surface area contributed by atoms with Gasteiger partial charge in [0.05, 0.1) is 27.4 Å². The fourth-order valence-corrected chi connectivity index (χ4v) is 5.35. The number of phenolic OH excluding ortho intramolecular Hbond substituents is 2. The third kappa shape index (κ3) is 5.21. The standard InChI is InChI=1S/C26H34O11/c1-34-19-6-12(3-4-17(19)29)22-15-8-18(30)20(35-2)7-13(15)5-14(9-27)16(22)11-36-26-25(33)24(32)23(31)21(10-28)37-26/h3-4,6-8,14,16,21-33H,5,9-11H2,1-2H3/t14-,16-,21+,22-,23+,24-,25+,26?/m0/s1. The molecule has 0 aromatic heterocycles. The highest BCUT2D eigenvalue weighted by atomic mass is 16.7. The molecule has 11 nitrogen and oxygen atoms in total. The summed E-state index contributed by atoms with van der Waals surface area (Å²) >= 11 is 0. The van der Waals surface area contributed by atoms with Gasteiger partial charge in [0.15, 0.2) is 29.3 Å². The van der Waals surface area contributed by atoms with Gasteiger partial charge in [-0.3, -0.25) is 0 Å². The average Bonchev–Trinajstić information content (AvgIpc) is 2.90. The van der Waals surface area contributed by atoms with Crippen molar-refractivity contribution < 1.29 is 54.7 Å². The molecule has 0 bridgehead atoms. The van der Waals surface area contributed by atoms with Crippen molar-refractivity contribution in [1.29, 1.82) is 0 Å². The Hall–Kier alpha value is -2.64. The average molecular weight is 523 g/mol. The van der Waals surface area contributed by atoms with Crippen LogP contribution in [0.2, 0.25) is 0 Å². The van der Waals surface area contributed by atoms with Gasteiger partial charge in [-0.2, -0.15) is 0 Å². The van der Waals surface area contributed by atoms with Crippen LogP contribution < -0.4 is 9.47 Å². The maximum atomic E-state index is 10.6. The van der Waals surface area contributed by atoms with Gasteiger partial charge < -0.3 is 54.7 Å². The maximum Gasteiger partial charge on any atom is 0.186 e. The first kappa shape index (κ1) is 27.4. The predicted octanol–water partition coefficient (Wildman–Crippen LogP) is -0.156. The van der Waals surface area contributed by atoms with E-state index in [1.54, 1.807) is 24.3 Å². The fourth-order valence-electron chi connectivity index (χ4n) is 5.35. The van der Waals surface area contributed by atoms with Crippen molar-refractivity contribution in [2.75, 3.05) is 34.0 Å². The number of aliphatic hydroxyl groups excluding tert-OH is 5. The van der Waals surface area contributed by atoms with Crippen molar-refractivity contribution >= 4 is 0 Å². The summed E-state index contributed by atoms with van der Waals surface area (Å²) in [6, 6.07) is 8.22. The number of fused-ring (bicyclic) bond motifs is 1. The third-order valence-corrected chi connectivity index (χ3v) is 7.39. The molecule has 7 N–H and O–H groups in total. The largest absolute Gasteiger partial charge is 0.504 e. The molecule has 2 aromatic carbocycles. The second-order valence-corrected chi connectivity index (χ2v) is 9.47. The molecule has 4 rings (SSSR count). The van der Waals surface area contributed by atoms with E-state index in [0.29, 0.717) is 12.2 Å². The lowest BCUT2D eigenvalue weighted by Crippen LogP contribution is -2.59. The van der Waals surface area contributed by atoms with Gasteiger partial charge in [-0.1, -0.05) is 6.07 Å². The van der Waals surface area contributed by atoms with Gasteiger partial charge in [-0.15, -0.1) is 0 Å². The number of hydrogen-bond donors (Lipinski definition) is 7. The molecular weight excluding hydrogens is 488 g/mol. The van der Waals surface area contributed by atoms with Gasteiger partial charge in [0.25, 0.3) is 0 Å². The highest BCUT2D eigenvalue weighted by molar-refractivity contribution is 5.53. The van der Waals surface area contributed by atoms with Gasteiger partial charge in [0.1, 0.15) is 24.4 Å². The van der Waals surface area contributed by atoms with Crippen LogP contribution in [-0.4, -0.2) is 100 Å². The van der Waals surface area contributed by atoms with E-state index in [2.05, 4.69) is 0 Å². The summed E-state index contributed by atoms with van der Waals surface area (Å²) in [7, 11) is 2.88. The van der Waals surface area contributed by atoms with Crippen molar-refractivity contribution in [2.24, 2.45) is 11.8 Å². The van der Waals surface area contributed by atoms with Crippen LogP contribution in [0.3, 0.4) is 0 Å². The monoisotopic (exact) mass is 522 g/mol. The number of aliphatic hydroxyl groups is 5. The SMILES string of the molecule is COc1cc([C@H]2c3cc(O)c(OC)cc3C[C@@H](CO)[C@@H]2COC2O[C@H](CO)[C@@H](O)[C@H](O)[C@H]2O)ccc1O. The minimum Gasteiger partial charge on any atom is -0.504 e. The van der Waals surface area contributed by atoms with Gasteiger partial charge in [-0.05, 0) is 59.2 Å². The Morgan fingerprint density at radius 2 is 1.57 bits per heavy atom. The Kier molecular flexibility index (Phi) is 8.44. The van der Waals surface area contributed by atoms with Crippen LogP contribution in [0.25, 0.3) is 0 Å². The molecule has 11 heteroatoms. The molecule has 1 aliphatic carbocycles. The Labute approximate surface area is 214 Å². The highest BCUT2D eigenvalue weighted by Crippen LogP contribution is 2.48. The summed E-state index contributed by atoms with van der Waals surface area (Å²) in [5.41, 5.74) is 2.34. The van der Waals surface area contributed by atoms with Gasteiger partial charge in [-0.25, -0.2) is 0 Å². The number of hydrogen-bond acceptors (Lipinski definition) is 11. The van der Waals surface area contributed by atoms with Crippen molar-refractivity contribution in [3.8, 4) is 23.0 Å². The molecule has 0 radical (unpaired) electrons. The first-order valence-electron chi connectivity index (χ1n) is 12.0. The second kappa shape index (κ2) is 11.4. The van der Waals surface area contributed by atoms with E-state index in [4.69, 9.17) is 18.9 Å². The Morgan fingerprint density at radius 3 is 2.22 bits per heavy atom. The molecule has 0 spiro atoms. The van der Waals surface area contributed by atoms with Crippen molar-refractivity contribution in [2.45, 2.75) is 43.0 Å². The lowest BCUT2D eigenvalue weighted by molar-refractivity contribution is -0.304. The summed E-state index contributed by atoms with van der Waals surface area (Å²) in [4.78, 5) is 0. The first-order valence-corrected chi connectivity index (χ1v) is 12.0. The zero-order chi connectivity index (χ0) is 26.9. The minimum absolute atomic E-state index is 0.0476. The van der Waals surface area contributed by atoms with Crippen molar-refractivity contribution in [3.05, 3.63) is 47.0 Å². The van der Waals surface area contributed by atoms with Gasteiger partial charge in [0, 0.05) is 12.5 Å². The minimum atomic E-state index is -1.59. The number of aromatic hydroxyl groups is 2. The molecule has 37 heavy (non-hydrogen) atoms. The maximum absolute atomic E-state index is 10.6. The fraction of sp³-hybridized carbons (Fsp3) is 0.538. The van der Waals surface area contributed by atoms with Crippen LogP contribution in [0.15, 0.2) is 30.3 Å². The number of benzene rings is 2. The molecule has 2 aromatic rings. The number of ether oxygens (including phenoxy) is 4. The van der Waals surface area contributed by atoms with E-state index in [9.17, 15) is 35.7 Å². The number of rotatable bonds is 8. The van der Waals surface area contributed by atoms with Crippen LogP contribution in [0.4, 0.5) is 0 Å². The smallest absolute Gasteiger partial charge is 0.186 e. The molecule has 8 atom stereocenters. The first-order chi connectivity index (χ1) is 17.7. The molecule has 1 aliphatic heterocycles. The van der Waals surface area contributed by atoms with Crippen molar-refractivity contribution in [3.63, 3.8) is 0 Å². The zero-order valence-corrected chi connectivity index (χ0v) is 20.6. The Bertz CT molecular complexity index is 1070. The van der Waals surface area contributed by atoms with Crippen LogP contribution in [0, 0.1) is 11.8 Å². The van der Waals surface area contributed by atoms with Crippen molar-refractivity contribution in [1.82, 2.24) is 0 Å². The van der Waals surface area contributed by atoms with E-state index in [-0.39, 0.29) is 36.4 Å². The molecule has 0 amide bonds. The Morgan fingerprint density at radius 1 is 0.865 bits per heavy atom. The quantitative estimate of drug-likeness (QED) is 0.245. The summed E-state index contributed by atoms with van der Waals surface area (Å²) in [6.45, 7) is -0.830. The Balaban J connectivity index is 1.72. The molecule has 0 saturated carbocycles. The van der Waals surface area contributed by atoms with E-state index in [1.165, 1.54) is 20.3 Å². The highest BCUT2D eigenvalue weighted by Gasteiger charge is 2.45. The summed E-state index contributed by atoms with van der Waals surface area (Å²) in [6.07, 6.45) is -6.68. The molecule has 1 fully saturated rings. The van der Waals surface area contributed by atoms with Gasteiger partial charge in [0.2, 0.25) is 0 Å². The zero-order valence-electron chi connectivity index (χ0n) is 20.6. The predicted molar refractivity (Wildman–Crippen MR) is 129 cm³/mol. The van der Waals surface area contributed by atoms with E-state index in [1.807, 2.05) is 0 Å². The molecule has 204 valence electrons. The normalized spacial score (nSPS) is 31.5. The van der Waals surface area contributed by atoms with Crippen LogP contribution in [-0.2, 0) is 15.9 Å². The molecule has 1 saturated heterocycles. The van der Waals surface area contributed by atoms with E-state index >= 15 is 0 Å². The van der Waals surface area contributed by atoms with E-state index in [0.717, 1.165) is 16.7 Å². The molecule has 1 unspecified atom stereocenters. The topological polar surface area (TPSA) is 179 Å². The number of phenols is 2.